The molecule has 0 bridgehead atoms. The van der Waals surface area contributed by atoms with Crippen LogP contribution in [0.25, 0.3) is 0 Å². The number of rotatable bonds is 9. The van der Waals surface area contributed by atoms with E-state index >= 15 is 0 Å². The second-order valence-corrected chi connectivity index (χ2v) is 9.31. The van der Waals surface area contributed by atoms with Crippen molar-refractivity contribution in [2.45, 2.75) is 11.4 Å². The quantitative estimate of drug-likeness (QED) is 0.447. The van der Waals surface area contributed by atoms with Crippen molar-refractivity contribution in [3.05, 3.63) is 66.2 Å². The Morgan fingerprint density at radius 1 is 0.853 bits per heavy atom. The summed E-state index contributed by atoms with van der Waals surface area (Å²) in [6.45, 7) is 2.70. The number of hydrogen-bond donors (Lipinski definition) is 2. The van der Waals surface area contributed by atoms with Crippen molar-refractivity contribution in [2.75, 3.05) is 37.9 Å². The highest BCUT2D eigenvalue weighted by atomic mass is 32.2. The zero-order valence-electron chi connectivity index (χ0n) is 18.3. The molecule has 0 aromatic heterocycles. The summed E-state index contributed by atoms with van der Waals surface area (Å²) in [4.78, 5) is 0.106. The van der Waals surface area contributed by atoms with Crippen molar-refractivity contribution < 1.29 is 32.1 Å². The number of sulfonamides is 1. The highest BCUT2D eigenvalue weighted by molar-refractivity contribution is 7.92. The van der Waals surface area contributed by atoms with E-state index in [4.69, 9.17) is 23.7 Å². The molecule has 2 aliphatic rings. The molecular formula is C24H24N2O7S. The van der Waals surface area contributed by atoms with Crippen molar-refractivity contribution in [3.8, 4) is 28.7 Å². The standard InChI is InChI=1S/C24H24N2O7S/c27-34(28,19-7-8-20-23(14-19)33-16-32-20)26-18-4-1-3-17(13-18)15-25-9-10-29-21-5-2-6-22-24(21)31-12-11-30-22/h1-8,13-14,25-26H,9-12,15-16H2. The van der Waals surface area contributed by atoms with Gasteiger partial charge in [-0.15, -0.1) is 0 Å². The maximum absolute atomic E-state index is 12.8. The van der Waals surface area contributed by atoms with Crippen LogP contribution in [0.1, 0.15) is 5.56 Å². The fourth-order valence-corrected chi connectivity index (χ4v) is 4.69. The molecule has 0 unspecified atom stereocenters. The van der Waals surface area contributed by atoms with Gasteiger partial charge in [-0.25, -0.2) is 8.42 Å². The Kier molecular flexibility index (Phi) is 6.33. The van der Waals surface area contributed by atoms with E-state index in [1.807, 2.05) is 24.3 Å². The highest BCUT2D eigenvalue weighted by Crippen LogP contribution is 2.39. The lowest BCUT2D eigenvalue weighted by Crippen LogP contribution is -2.21. The third kappa shape index (κ3) is 4.97. The lowest BCUT2D eigenvalue weighted by Gasteiger charge is -2.20. The molecule has 0 radical (unpaired) electrons. The number of hydrogen-bond acceptors (Lipinski definition) is 8. The third-order valence-corrected chi connectivity index (χ3v) is 6.61. The van der Waals surface area contributed by atoms with E-state index in [1.165, 1.54) is 12.1 Å². The molecule has 0 spiro atoms. The van der Waals surface area contributed by atoms with Gasteiger partial charge < -0.3 is 29.0 Å². The molecule has 0 fully saturated rings. The molecule has 5 rings (SSSR count). The predicted octanol–water partition coefficient (Wildman–Crippen LogP) is 3.16. The Morgan fingerprint density at radius 2 is 1.71 bits per heavy atom. The van der Waals surface area contributed by atoms with Gasteiger partial charge >= 0.3 is 0 Å². The molecule has 0 saturated carbocycles. The van der Waals surface area contributed by atoms with Crippen LogP contribution < -0.4 is 33.7 Å². The zero-order valence-corrected chi connectivity index (χ0v) is 19.1. The van der Waals surface area contributed by atoms with Crippen molar-refractivity contribution in [1.29, 1.82) is 0 Å². The van der Waals surface area contributed by atoms with Gasteiger partial charge in [0.25, 0.3) is 10.0 Å². The molecule has 0 amide bonds. The highest BCUT2D eigenvalue weighted by Gasteiger charge is 2.20. The second-order valence-electron chi connectivity index (χ2n) is 7.63. The normalized spacial score (nSPS) is 14.0. The first-order valence-electron chi connectivity index (χ1n) is 10.8. The molecule has 0 atom stereocenters. The summed E-state index contributed by atoms with van der Waals surface area (Å²) in [6.07, 6.45) is 0. The lowest BCUT2D eigenvalue weighted by molar-refractivity contribution is 0.162. The topological polar surface area (TPSA) is 104 Å². The molecule has 3 aromatic carbocycles. The monoisotopic (exact) mass is 484 g/mol. The molecule has 2 aliphatic heterocycles. The number of benzene rings is 3. The van der Waals surface area contributed by atoms with E-state index in [9.17, 15) is 8.42 Å². The van der Waals surface area contributed by atoms with Gasteiger partial charge in [-0.2, -0.15) is 0 Å². The molecule has 9 nitrogen and oxygen atoms in total. The van der Waals surface area contributed by atoms with Crippen LogP contribution in [0.3, 0.4) is 0 Å². The van der Waals surface area contributed by atoms with Crippen LogP contribution in [0, 0.1) is 0 Å². The summed E-state index contributed by atoms with van der Waals surface area (Å²) < 4.78 is 55.8. The first kappa shape index (κ1) is 22.2. The van der Waals surface area contributed by atoms with Crippen LogP contribution in [-0.2, 0) is 16.6 Å². The van der Waals surface area contributed by atoms with Gasteiger partial charge in [-0.3, -0.25) is 4.72 Å². The number of para-hydroxylation sites is 1. The Labute approximate surface area is 197 Å². The van der Waals surface area contributed by atoms with Crippen LogP contribution in [-0.4, -0.2) is 41.6 Å². The Hall–Kier alpha value is -3.63. The van der Waals surface area contributed by atoms with Gasteiger partial charge in [0.15, 0.2) is 23.0 Å². The van der Waals surface area contributed by atoms with Crippen LogP contribution >= 0.6 is 0 Å². The summed E-state index contributed by atoms with van der Waals surface area (Å²) in [7, 11) is -3.77. The van der Waals surface area contributed by atoms with Crippen molar-refractivity contribution >= 4 is 15.7 Å². The second kappa shape index (κ2) is 9.70. The van der Waals surface area contributed by atoms with Crippen LogP contribution in [0.2, 0.25) is 0 Å². The molecule has 0 aliphatic carbocycles. The first-order chi connectivity index (χ1) is 16.6. The largest absolute Gasteiger partial charge is 0.488 e. The summed E-state index contributed by atoms with van der Waals surface area (Å²) in [5, 5.41) is 3.30. The van der Waals surface area contributed by atoms with E-state index < -0.39 is 10.0 Å². The predicted molar refractivity (Wildman–Crippen MR) is 124 cm³/mol. The minimum atomic E-state index is -3.77. The molecule has 2 N–H and O–H groups in total. The van der Waals surface area contributed by atoms with Crippen LogP contribution in [0.4, 0.5) is 5.69 Å². The van der Waals surface area contributed by atoms with E-state index in [0.29, 0.717) is 67.3 Å². The maximum Gasteiger partial charge on any atom is 0.262 e. The number of fused-ring (bicyclic) bond motifs is 2. The van der Waals surface area contributed by atoms with Gasteiger partial charge in [-0.1, -0.05) is 18.2 Å². The van der Waals surface area contributed by atoms with Gasteiger partial charge in [0.1, 0.15) is 19.8 Å². The van der Waals surface area contributed by atoms with E-state index in [2.05, 4.69) is 10.0 Å². The van der Waals surface area contributed by atoms with E-state index in [1.54, 1.807) is 24.3 Å². The van der Waals surface area contributed by atoms with Gasteiger partial charge in [0.05, 0.1) is 4.90 Å². The number of anilines is 1. The van der Waals surface area contributed by atoms with Gasteiger partial charge in [0.2, 0.25) is 12.5 Å². The molecular weight excluding hydrogens is 460 g/mol. The zero-order chi connectivity index (χ0) is 23.4. The molecule has 0 saturated heterocycles. The molecule has 3 aromatic rings. The molecule has 34 heavy (non-hydrogen) atoms. The van der Waals surface area contributed by atoms with Crippen molar-refractivity contribution in [1.82, 2.24) is 5.32 Å². The van der Waals surface area contributed by atoms with Gasteiger partial charge in [0, 0.05) is 24.8 Å². The van der Waals surface area contributed by atoms with E-state index in [-0.39, 0.29) is 11.7 Å². The van der Waals surface area contributed by atoms with Crippen molar-refractivity contribution in [3.63, 3.8) is 0 Å². The minimum Gasteiger partial charge on any atom is -0.488 e. The molecule has 10 heteroatoms. The van der Waals surface area contributed by atoms with Crippen LogP contribution in [0.15, 0.2) is 65.6 Å². The van der Waals surface area contributed by atoms with Crippen LogP contribution in [0.5, 0.6) is 28.7 Å². The lowest BCUT2D eigenvalue weighted by atomic mass is 10.2. The fraction of sp³-hybridized carbons (Fsp3) is 0.250. The Morgan fingerprint density at radius 3 is 2.65 bits per heavy atom. The average Bonchev–Trinajstić information content (AvgIpc) is 3.32. The number of nitrogens with one attached hydrogen (secondary N) is 2. The SMILES string of the molecule is O=S(=O)(Nc1cccc(CNCCOc2cccc3c2OCCO3)c1)c1ccc2c(c1)OCO2. The summed E-state index contributed by atoms with van der Waals surface area (Å²) in [5.74, 6) is 2.92. The number of ether oxygens (including phenoxy) is 5. The molecule has 2 heterocycles. The fourth-order valence-electron chi connectivity index (χ4n) is 3.63. The maximum atomic E-state index is 12.8. The molecule has 178 valence electrons. The Bertz CT molecular complexity index is 1280. The summed E-state index contributed by atoms with van der Waals surface area (Å²) >= 11 is 0. The average molecular weight is 485 g/mol. The van der Waals surface area contributed by atoms with E-state index in [0.717, 1.165) is 5.56 Å². The van der Waals surface area contributed by atoms with Crippen molar-refractivity contribution in [2.24, 2.45) is 0 Å². The first-order valence-corrected chi connectivity index (χ1v) is 12.3. The van der Waals surface area contributed by atoms with Gasteiger partial charge in [-0.05, 0) is 42.0 Å². The Balaban J connectivity index is 1.14. The third-order valence-electron chi connectivity index (χ3n) is 5.23. The minimum absolute atomic E-state index is 0.0854. The summed E-state index contributed by atoms with van der Waals surface area (Å²) in [5.41, 5.74) is 1.40. The smallest absolute Gasteiger partial charge is 0.262 e. The summed E-state index contributed by atoms with van der Waals surface area (Å²) in [6, 6.07) is 17.3.